The molecular weight excluding hydrogens is 338 g/mol. The molecule has 0 atom stereocenters. The van der Waals surface area contributed by atoms with E-state index in [4.69, 9.17) is 0 Å². The van der Waals surface area contributed by atoms with Gasteiger partial charge in [0.1, 0.15) is 17.3 Å². The zero-order valence-electron chi connectivity index (χ0n) is 14.1. The second-order valence-corrected chi connectivity index (χ2v) is 7.66. The lowest BCUT2D eigenvalue weighted by atomic mass is 10.1. The van der Waals surface area contributed by atoms with Crippen LogP contribution in [0.15, 0.2) is 41.4 Å². The number of benzene rings is 1. The maximum Gasteiger partial charge on any atom is 0.269 e. The number of pyridine rings is 1. The quantitative estimate of drug-likeness (QED) is 0.670. The highest BCUT2D eigenvalue weighted by molar-refractivity contribution is 7.93. The minimum atomic E-state index is -3.98. The summed E-state index contributed by atoms with van der Waals surface area (Å²) in [7, 11) is -3.98. The molecule has 0 saturated carbocycles. The zero-order chi connectivity index (χ0) is 18.2. The molecule has 128 valence electrons. The number of aryl methyl sites for hydroxylation is 3. The van der Waals surface area contributed by atoms with Gasteiger partial charge in [0.2, 0.25) is 0 Å². The molecule has 0 radical (unpaired) electrons. The van der Waals surface area contributed by atoms with Gasteiger partial charge in [-0.3, -0.25) is 8.71 Å². The Morgan fingerprint density at radius 2 is 1.84 bits per heavy atom. The van der Waals surface area contributed by atoms with Crippen LogP contribution in [0.2, 0.25) is 0 Å². The van der Waals surface area contributed by atoms with Gasteiger partial charge in [-0.25, -0.2) is 8.42 Å². The number of fused-ring (bicyclic) bond motifs is 1. The number of sulfonamides is 1. The van der Waals surface area contributed by atoms with E-state index in [1.54, 1.807) is 35.7 Å². The Labute approximate surface area is 146 Å². The van der Waals surface area contributed by atoms with Crippen LogP contribution >= 0.6 is 0 Å². The molecule has 2 aromatic heterocycles. The summed E-state index contributed by atoms with van der Waals surface area (Å²) in [6.45, 7) is 5.22. The summed E-state index contributed by atoms with van der Waals surface area (Å²) < 4.78 is 29.2. The van der Waals surface area contributed by atoms with Crippen molar-refractivity contribution < 1.29 is 8.42 Å². The number of anilines is 1. The first-order valence-corrected chi connectivity index (χ1v) is 9.07. The molecule has 2 heterocycles. The third kappa shape index (κ3) is 2.94. The molecule has 0 N–H and O–H groups in total. The number of nitrogens with zero attached hydrogens (tertiary/aromatic N) is 5. The van der Waals surface area contributed by atoms with Crippen molar-refractivity contribution in [3.8, 4) is 6.07 Å². The molecule has 0 bridgehead atoms. The molecule has 25 heavy (non-hydrogen) atoms. The van der Waals surface area contributed by atoms with Crippen molar-refractivity contribution in [2.45, 2.75) is 25.7 Å². The number of aromatic nitrogens is 3. The van der Waals surface area contributed by atoms with Crippen LogP contribution in [0.3, 0.4) is 0 Å². The van der Waals surface area contributed by atoms with E-state index >= 15 is 0 Å². The Hall–Kier alpha value is -2.92. The molecule has 0 spiro atoms. The summed E-state index contributed by atoms with van der Waals surface area (Å²) in [4.78, 5) is 0.0185. The fourth-order valence-electron chi connectivity index (χ4n) is 2.80. The number of rotatable bonds is 4. The van der Waals surface area contributed by atoms with Crippen LogP contribution in [-0.2, 0) is 10.0 Å². The molecule has 8 heteroatoms. The molecule has 0 aliphatic carbocycles. The van der Waals surface area contributed by atoms with Gasteiger partial charge in [-0.1, -0.05) is 6.07 Å². The topological polar surface area (TPSA) is 91.4 Å². The van der Waals surface area contributed by atoms with Crippen LogP contribution in [0.5, 0.6) is 0 Å². The van der Waals surface area contributed by atoms with E-state index in [1.807, 2.05) is 26.0 Å². The summed E-state index contributed by atoms with van der Waals surface area (Å²) in [6.07, 6.45) is 1.70. The average molecular weight is 355 g/mol. The van der Waals surface area contributed by atoms with Gasteiger partial charge in [-0.15, -0.1) is 10.2 Å². The van der Waals surface area contributed by atoms with Crippen molar-refractivity contribution in [3.05, 3.63) is 53.5 Å². The van der Waals surface area contributed by atoms with Crippen LogP contribution in [-0.4, -0.2) is 29.6 Å². The number of nitriles is 1. The molecular formula is C17H17N5O2S. The van der Waals surface area contributed by atoms with E-state index in [1.165, 1.54) is 6.07 Å². The summed E-state index contributed by atoms with van der Waals surface area (Å²) in [5.41, 5.74) is 2.54. The van der Waals surface area contributed by atoms with E-state index in [0.717, 1.165) is 15.4 Å². The Morgan fingerprint density at radius 3 is 2.48 bits per heavy atom. The van der Waals surface area contributed by atoms with Gasteiger partial charge < -0.3 is 0 Å². The van der Waals surface area contributed by atoms with Crippen LogP contribution in [0.25, 0.3) is 5.65 Å². The van der Waals surface area contributed by atoms with Crippen molar-refractivity contribution >= 4 is 21.4 Å². The minimum Gasteiger partial charge on any atom is -0.286 e. The first kappa shape index (κ1) is 16.9. The third-order valence-corrected chi connectivity index (χ3v) is 5.64. The molecule has 0 aliphatic heterocycles. The minimum absolute atomic E-state index is 0.0185. The van der Waals surface area contributed by atoms with Crippen molar-refractivity contribution in [2.75, 3.05) is 10.8 Å². The largest absolute Gasteiger partial charge is 0.286 e. The normalized spacial score (nSPS) is 11.4. The van der Waals surface area contributed by atoms with Crippen molar-refractivity contribution in [1.29, 1.82) is 5.26 Å². The van der Waals surface area contributed by atoms with E-state index in [-0.39, 0.29) is 17.1 Å². The summed E-state index contributed by atoms with van der Waals surface area (Å²) in [6, 6.07) is 10.5. The van der Waals surface area contributed by atoms with Crippen LogP contribution in [0.1, 0.15) is 17.0 Å². The smallest absolute Gasteiger partial charge is 0.269 e. The molecule has 1 aromatic carbocycles. The molecule has 3 aromatic rings. The predicted molar refractivity (Wildman–Crippen MR) is 93.8 cm³/mol. The van der Waals surface area contributed by atoms with E-state index in [9.17, 15) is 13.7 Å². The van der Waals surface area contributed by atoms with Crippen molar-refractivity contribution in [3.63, 3.8) is 0 Å². The maximum absolute atomic E-state index is 13.3. The first-order valence-electron chi connectivity index (χ1n) is 7.63. The van der Waals surface area contributed by atoms with Crippen LogP contribution in [0.4, 0.5) is 5.69 Å². The first-order chi connectivity index (χ1) is 11.8. The number of hydrogen-bond acceptors (Lipinski definition) is 5. The third-order valence-electron chi connectivity index (χ3n) is 3.85. The molecule has 7 nitrogen and oxygen atoms in total. The zero-order valence-corrected chi connectivity index (χ0v) is 14.9. The van der Waals surface area contributed by atoms with Crippen molar-refractivity contribution in [1.82, 2.24) is 14.6 Å². The van der Waals surface area contributed by atoms with E-state index in [0.29, 0.717) is 11.5 Å². The van der Waals surface area contributed by atoms with Gasteiger partial charge in [0, 0.05) is 6.20 Å². The highest BCUT2D eigenvalue weighted by Crippen LogP contribution is 2.27. The maximum atomic E-state index is 13.3. The lowest BCUT2D eigenvalue weighted by Crippen LogP contribution is -2.32. The van der Waals surface area contributed by atoms with Gasteiger partial charge in [0.15, 0.2) is 5.65 Å². The van der Waals surface area contributed by atoms with Gasteiger partial charge in [-0.2, -0.15) is 5.26 Å². The Bertz CT molecular complexity index is 1080. The molecule has 3 rings (SSSR count). The lowest BCUT2D eigenvalue weighted by Gasteiger charge is -2.22. The molecule has 0 amide bonds. The van der Waals surface area contributed by atoms with Gasteiger partial charge >= 0.3 is 0 Å². The Balaban J connectivity index is 2.22. The van der Waals surface area contributed by atoms with Crippen molar-refractivity contribution in [2.24, 2.45) is 0 Å². The summed E-state index contributed by atoms with van der Waals surface area (Å²) in [5.74, 6) is 0.588. The fraction of sp³-hybridized carbons (Fsp3) is 0.235. The molecule has 0 saturated heterocycles. The van der Waals surface area contributed by atoms with Gasteiger partial charge in [0.05, 0.1) is 11.8 Å². The van der Waals surface area contributed by atoms with Gasteiger partial charge in [-0.05, 0) is 56.2 Å². The lowest BCUT2D eigenvalue weighted by molar-refractivity contribution is 0.593. The Morgan fingerprint density at radius 1 is 1.16 bits per heavy atom. The standard InChI is InChI=1S/C17H17N5O2S/c1-12-9-13(2)11-15(10-12)22(8-6-18)25(23,24)16-5-4-7-21-14(3)19-20-17(16)21/h4-5,7,9-11H,8H2,1-3H3. The SMILES string of the molecule is Cc1cc(C)cc(N(CC#N)S(=O)(=O)c2cccn3c(C)nnc23)c1. The molecule has 0 aliphatic rings. The Kier molecular flexibility index (Phi) is 4.18. The summed E-state index contributed by atoms with van der Waals surface area (Å²) >= 11 is 0. The second-order valence-electron chi connectivity index (χ2n) is 5.83. The molecule has 0 fully saturated rings. The monoisotopic (exact) mass is 355 g/mol. The van der Waals surface area contributed by atoms with Crippen LogP contribution < -0.4 is 4.31 Å². The van der Waals surface area contributed by atoms with E-state index < -0.39 is 10.0 Å². The highest BCUT2D eigenvalue weighted by Gasteiger charge is 2.28. The molecule has 0 unspecified atom stereocenters. The predicted octanol–water partition coefficient (Wildman–Crippen LogP) is 2.37. The second kappa shape index (κ2) is 6.18. The fourth-order valence-corrected chi connectivity index (χ4v) is 4.27. The van der Waals surface area contributed by atoms with Crippen LogP contribution in [0, 0.1) is 32.1 Å². The average Bonchev–Trinajstić information content (AvgIpc) is 2.93. The highest BCUT2D eigenvalue weighted by atomic mass is 32.2. The summed E-state index contributed by atoms with van der Waals surface area (Å²) in [5, 5.41) is 17.1. The number of hydrogen-bond donors (Lipinski definition) is 0. The van der Waals surface area contributed by atoms with E-state index in [2.05, 4.69) is 10.2 Å². The van der Waals surface area contributed by atoms with Gasteiger partial charge in [0.25, 0.3) is 10.0 Å².